The Kier molecular flexibility index (Phi) is 8.18. The third-order valence-corrected chi connectivity index (χ3v) is 9.15. The van der Waals surface area contributed by atoms with Gasteiger partial charge in [-0.15, -0.1) is 10.2 Å². The first-order chi connectivity index (χ1) is 22.7. The molecule has 7 rings (SSSR count). The molecule has 3 N–H and O–H groups in total. The number of carbonyl (C=O) groups excluding carboxylic acids is 1. The number of nitrogens with zero attached hydrogens (tertiary/aromatic N) is 8. The summed E-state index contributed by atoms with van der Waals surface area (Å²) in [5.74, 6) is 2.24. The van der Waals surface area contributed by atoms with E-state index < -0.39 is 0 Å². The predicted octanol–water partition coefficient (Wildman–Crippen LogP) is 4.94. The minimum Gasteiger partial charge on any atom is -0.484 e. The number of pyridine rings is 1. The second-order valence-corrected chi connectivity index (χ2v) is 13.5. The van der Waals surface area contributed by atoms with Crippen LogP contribution in [-0.2, 0) is 12.0 Å². The van der Waals surface area contributed by atoms with E-state index in [0.717, 1.165) is 59.8 Å². The fraction of sp³-hybridized carbons (Fsp3) is 0.441. The summed E-state index contributed by atoms with van der Waals surface area (Å²) in [5, 5.41) is 33.6. The van der Waals surface area contributed by atoms with Gasteiger partial charge in [-0.3, -0.25) is 19.3 Å². The Hall–Kier alpha value is -4.75. The molecule has 13 nitrogen and oxygen atoms in total. The summed E-state index contributed by atoms with van der Waals surface area (Å²) in [7, 11) is 2.13. The van der Waals surface area contributed by atoms with Crippen LogP contribution in [0.1, 0.15) is 87.3 Å². The maximum atomic E-state index is 13.5. The largest absolute Gasteiger partial charge is 0.484 e. The molecular weight excluding hydrogens is 596 g/mol. The Labute approximate surface area is 273 Å². The number of rotatable bonds is 8. The van der Waals surface area contributed by atoms with Crippen molar-refractivity contribution in [2.75, 3.05) is 25.5 Å². The monoisotopic (exact) mass is 638 g/mol. The van der Waals surface area contributed by atoms with Crippen molar-refractivity contribution < 1.29 is 14.6 Å². The van der Waals surface area contributed by atoms with E-state index in [1.807, 2.05) is 36.5 Å². The minimum atomic E-state index is -0.323. The number of benzene rings is 1. The lowest BCUT2D eigenvalue weighted by atomic mass is 9.85. The van der Waals surface area contributed by atoms with E-state index in [-0.39, 0.29) is 36.2 Å². The number of aliphatic hydroxyl groups excluding tert-OH is 1. The number of likely N-dealkylation sites (tertiary alicyclic amines) is 1. The van der Waals surface area contributed by atoms with E-state index in [0.29, 0.717) is 24.5 Å². The van der Waals surface area contributed by atoms with Crippen molar-refractivity contribution in [3.63, 3.8) is 0 Å². The number of aromatic nitrogens is 7. The molecule has 1 fully saturated rings. The van der Waals surface area contributed by atoms with Crippen molar-refractivity contribution in [1.82, 2.24) is 44.4 Å². The van der Waals surface area contributed by atoms with Crippen LogP contribution in [0.5, 0.6) is 5.75 Å². The Morgan fingerprint density at radius 1 is 1.06 bits per heavy atom. The van der Waals surface area contributed by atoms with Gasteiger partial charge in [-0.1, -0.05) is 45.0 Å². The molecule has 2 unspecified atom stereocenters. The van der Waals surface area contributed by atoms with Gasteiger partial charge in [-0.25, -0.2) is 9.48 Å². The van der Waals surface area contributed by atoms with Crippen LogP contribution < -0.4 is 15.4 Å². The first-order valence-electron chi connectivity index (χ1n) is 16.3. The van der Waals surface area contributed by atoms with Gasteiger partial charge in [-0.05, 0) is 62.5 Å². The van der Waals surface area contributed by atoms with Crippen LogP contribution in [0.15, 0.2) is 61.1 Å². The van der Waals surface area contributed by atoms with Gasteiger partial charge in [-0.2, -0.15) is 10.2 Å². The molecule has 0 spiro atoms. The van der Waals surface area contributed by atoms with Crippen molar-refractivity contribution in [2.45, 2.75) is 76.6 Å². The van der Waals surface area contributed by atoms with Crippen LogP contribution in [-0.4, -0.2) is 70.4 Å². The summed E-state index contributed by atoms with van der Waals surface area (Å²) >= 11 is 0. The maximum absolute atomic E-state index is 13.5. The highest BCUT2D eigenvalue weighted by Crippen LogP contribution is 2.39. The van der Waals surface area contributed by atoms with Crippen molar-refractivity contribution in [3.05, 3.63) is 83.7 Å². The zero-order valence-electron chi connectivity index (χ0n) is 27.3. The number of aliphatic hydroxyl groups is 1. The van der Waals surface area contributed by atoms with Crippen molar-refractivity contribution >= 4 is 17.5 Å². The normalized spacial score (nSPS) is 20.0. The highest BCUT2D eigenvalue weighted by Gasteiger charge is 2.31. The second-order valence-electron chi connectivity index (χ2n) is 13.5. The number of hydrogen-bond donors (Lipinski definition) is 3. The van der Waals surface area contributed by atoms with Gasteiger partial charge in [0.1, 0.15) is 23.4 Å². The molecule has 13 heteroatoms. The lowest BCUT2D eigenvalue weighted by Crippen LogP contribution is -2.36. The quantitative estimate of drug-likeness (QED) is 0.217. The Balaban J connectivity index is 1.08. The number of anilines is 1. The fourth-order valence-corrected chi connectivity index (χ4v) is 6.64. The van der Waals surface area contributed by atoms with E-state index >= 15 is 0 Å². The van der Waals surface area contributed by atoms with E-state index in [4.69, 9.17) is 9.84 Å². The van der Waals surface area contributed by atoms with Crippen LogP contribution in [0, 0.1) is 0 Å². The van der Waals surface area contributed by atoms with Gasteiger partial charge in [0.25, 0.3) is 0 Å². The van der Waals surface area contributed by atoms with Crippen molar-refractivity contribution in [1.29, 1.82) is 0 Å². The van der Waals surface area contributed by atoms with E-state index in [1.165, 1.54) is 0 Å². The molecule has 5 heterocycles. The number of nitrogens with one attached hydrogen (secondary N) is 2. The van der Waals surface area contributed by atoms with Crippen LogP contribution in [0.3, 0.4) is 0 Å². The van der Waals surface area contributed by atoms with Crippen LogP contribution in [0.2, 0.25) is 0 Å². The molecule has 1 saturated heterocycles. The second kappa shape index (κ2) is 12.5. The average molecular weight is 639 g/mol. The first-order valence-corrected chi connectivity index (χ1v) is 16.3. The van der Waals surface area contributed by atoms with Gasteiger partial charge in [0, 0.05) is 11.5 Å². The van der Waals surface area contributed by atoms with Crippen LogP contribution in [0.4, 0.5) is 10.6 Å². The summed E-state index contributed by atoms with van der Waals surface area (Å²) in [6.45, 7) is 7.64. The third kappa shape index (κ3) is 6.20. The standard InChI is InChI=1S/C34H42N10O3/c1-34(2,3)29-18-31(44(40-29)22-19-35-42(20-22)16-17-45)37-33(46)36-26-12-13-28(25-9-6-5-8-24(25)26)47-23-11-14-30-38-39-32(43(30)21-23)27-10-7-15-41(27)4/h5-6,8-9,11,14,18-21,26-28,45H,7,10,12-13,15-17H2,1-4H3,(H2,36,37,46)/t26?,27-,28?/m0/s1. The smallest absolute Gasteiger partial charge is 0.320 e. The maximum Gasteiger partial charge on any atom is 0.320 e. The molecular formula is C34H42N10O3. The molecule has 246 valence electrons. The van der Waals surface area contributed by atoms with Gasteiger partial charge < -0.3 is 15.2 Å². The van der Waals surface area contributed by atoms with Crippen molar-refractivity contribution in [2.24, 2.45) is 0 Å². The van der Waals surface area contributed by atoms with Gasteiger partial charge in [0.2, 0.25) is 0 Å². The number of fused-ring (bicyclic) bond motifs is 2. The number of carbonyl (C=O) groups is 1. The fourth-order valence-electron chi connectivity index (χ4n) is 6.64. The third-order valence-electron chi connectivity index (χ3n) is 9.15. The summed E-state index contributed by atoms with van der Waals surface area (Å²) in [6, 6.07) is 13.7. The summed E-state index contributed by atoms with van der Waals surface area (Å²) in [6.07, 6.45) is 8.96. The molecule has 2 aliphatic rings. The number of ether oxygens (including phenoxy) is 1. The molecule has 3 atom stereocenters. The van der Waals surface area contributed by atoms with Crippen molar-refractivity contribution in [3.8, 4) is 11.4 Å². The van der Waals surface area contributed by atoms with E-state index in [2.05, 4.69) is 75.2 Å². The topological polar surface area (TPSA) is 140 Å². The van der Waals surface area contributed by atoms with Gasteiger partial charge in [0.05, 0.1) is 49.5 Å². The predicted molar refractivity (Wildman–Crippen MR) is 177 cm³/mol. The minimum absolute atomic E-state index is 0.0216. The molecule has 47 heavy (non-hydrogen) atoms. The Morgan fingerprint density at radius 3 is 2.66 bits per heavy atom. The Bertz CT molecular complexity index is 1890. The number of urea groups is 1. The molecule has 0 bridgehead atoms. The summed E-state index contributed by atoms with van der Waals surface area (Å²) < 4.78 is 12.0. The lowest BCUT2D eigenvalue weighted by molar-refractivity contribution is 0.171. The number of hydrogen-bond acceptors (Lipinski definition) is 8. The highest BCUT2D eigenvalue weighted by molar-refractivity contribution is 5.89. The molecule has 0 saturated carbocycles. The Morgan fingerprint density at radius 2 is 1.89 bits per heavy atom. The zero-order valence-corrected chi connectivity index (χ0v) is 27.3. The molecule has 1 aliphatic carbocycles. The SMILES string of the molecule is CN1CCC[C@H]1c1nnc2ccc(OC3CCC(NC(=O)Nc4cc(C(C)(C)C)nn4-c4cnn(CCO)c4)c4ccccc43)cn12. The zero-order chi connectivity index (χ0) is 32.7. The van der Waals surface area contributed by atoms with Crippen LogP contribution in [0.25, 0.3) is 11.3 Å². The van der Waals surface area contributed by atoms with Crippen LogP contribution >= 0.6 is 0 Å². The molecule has 2 amide bonds. The van der Waals surface area contributed by atoms with Gasteiger partial charge >= 0.3 is 6.03 Å². The summed E-state index contributed by atoms with van der Waals surface area (Å²) in [4.78, 5) is 15.8. The molecule has 0 radical (unpaired) electrons. The number of amides is 2. The molecule has 4 aromatic heterocycles. The summed E-state index contributed by atoms with van der Waals surface area (Å²) in [5.41, 5.74) is 4.19. The lowest BCUT2D eigenvalue weighted by Gasteiger charge is -2.32. The first kappa shape index (κ1) is 30.9. The average Bonchev–Trinajstić information content (AvgIpc) is 3.85. The molecule has 1 aliphatic heterocycles. The van der Waals surface area contributed by atoms with E-state index in [9.17, 15) is 9.90 Å². The van der Waals surface area contributed by atoms with E-state index in [1.54, 1.807) is 21.8 Å². The molecule has 1 aromatic carbocycles. The molecule has 5 aromatic rings. The highest BCUT2D eigenvalue weighted by atomic mass is 16.5. The van der Waals surface area contributed by atoms with Gasteiger partial charge in [0.15, 0.2) is 11.5 Å².